The summed E-state index contributed by atoms with van der Waals surface area (Å²) >= 11 is 0. The quantitative estimate of drug-likeness (QED) is 0.813. The zero-order valence-corrected chi connectivity index (χ0v) is 15.7. The van der Waals surface area contributed by atoms with E-state index in [2.05, 4.69) is 12.2 Å². The van der Waals surface area contributed by atoms with Crippen molar-refractivity contribution in [3.63, 3.8) is 0 Å². The Kier molecular flexibility index (Phi) is 6.01. The fourth-order valence-electron chi connectivity index (χ4n) is 2.95. The van der Waals surface area contributed by atoms with Gasteiger partial charge in [0.05, 0.1) is 18.0 Å². The number of nitrogens with zero attached hydrogens (tertiary/aromatic N) is 1. The molecule has 1 fully saturated rings. The summed E-state index contributed by atoms with van der Waals surface area (Å²) in [6.07, 6.45) is 2.28. The molecule has 2 rings (SSSR count). The van der Waals surface area contributed by atoms with Crippen LogP contribution in [0.15, 0.2) is 29.2 Å². The van der Waals surface area contributed by atoms with Crippen molar-refractivity contribution < 1.29 is 18.1 Å². The van der Waals surface area contributed by atoms with E-state index in [9.17, 15) is 13.2 Å². The molecule has 2 N–H and O–H groups in total. The molecule has 1 heterocycles. The molecule has 1 saturated heterocycles. The molecule has 1 aliphatic heterocycles. The van der Waals surface area contributed by atoms with E-state index in [1.54, 1.807) is 12.1 Å². The number of benzene rings is 1. The Morgan fingerprint density at radius 3 is 2.50 bits per heavy atom. The van der Waals surface area contributed by atoms with Crippen LogP contribution >= 0.6 is 0 Å². The Morgan fingerprint density at radius 1 is 1.29 bits per heavy atom. The van der Waals surface area contributed by atoms with Crippen molar-refractivity contribution in [3.05, 3.63) is 24.3 Å². The van der Waals surface area contributed by atoms with Gasteiger partial charge in [-0.1, -0.05) is 13.0 Å². The van der Waals surface area contributed by atoms with E-state index in [1.807, 2.05) is 6.92 Å². The predicted octanol–water partition coefficient (Wildman–Crippen LogP) is 0.579. The summed E-state index contributed by atoms with van der Waals surface area (Å²) in [5, 5.41) is 2.86. The van der Waals surface area contributed by atoms with Gasteiger partial charge in [-0.05, 0) is 43.9 Å². The van der Waals surface area contributed by atoms with E-state index in [-0.39, 0.29) is 16.8 Å². The summed E-state index contributed by atoms with van der Waals surface area (Å²) in [4.78, 5) is 14.0. The Hall–Kier alpha value is -1.44. The summed E-state index contributed by atoms with van der Waals surface area (Å²) in [7, 11) is -0.526. The molecule has 1 aromatic rings. The molecule has 0 spiro atoms. The van der Waals surface area contributed by atoms with Crippen LogP contribution in [0.1, 0.15) is 26.7 Å². The molecule has 0 aromatic heterocycles. The number of carbonyl (C=O) groups excluding carboxylic acids is 1. The van der Waals surface area contributed by atoms with Gasteiger partial charge in [0.1, 0.15) is 0 Å². The molecule has 7 heteroatoms. The topological polar surface area (TPSA) is 70.9 Å². The third-order valence-corrected chi connectivity index (χ3v) is 6.61. The number of nitrogens with one attached hydrogen (secondary N) is 2. The number of hydrogen-bond acceptors (Lipinski definition) is 3. The lowest BCUT2D eigenvalue weighted by Gasteiger charge is -2.31. The first-order valence-electron chi connectivity index (χ1n) is 8.40. The van der Waals surface area contributed by atoms with Crippen molar-refractivity contribution in [2.45, 2.75) is 37.6 Å². The van der Waals surface area contributed by atoms with Gasteiger partial charge in [0.25, 0.3) is 5.91 Å². The maximum atomic E-state index is 12.5. The molecule has 6 nitrogen and oxygen atoms in total. The fraction of sp³-hybridized carbons (Fsp3) is 0.588. The van der Waals surface area contributed by atoms with Gasteiger partial charge in [-0.2, -0.15) is 0 Å². The Morgan fingerprint density at radius 2 is 1.92 bits per heavy atom. The van der Waals surface area contributed by atoms with Crippen LogP contribution in [0.2, 0.25) is 0 Å². The lowest BCUT2D eigenvalue weighted by Crippen LogP contribution is -3.17. The van der Waals surface area contributed by atoms with Gasteiger partial charge in [0.15, 0.2) is 6.04 Å². The van der Waals surface area contributed by atoms with Gasteiger partial charge >= 0.3 is 0 Å². The molecule has 1 aromatic carbocycles. The molecule has 0 saturated carbocycles. The summed E-state index contributed by atoms with van der Waals surface area (Å²) in [6.45, 7) is 6.19. The van der Waals surface area contributed by atoms with E-state index >= 15 is 0 Å². The minimum absolute atomic E-state index is 0.0704. The molecule has 24 heavy (non-hydrogen) atoms. The Labute approximate surface area is 144 Å². The lowest BCUT2D eigenvalue weighted by molar-refractivity contribution is -0.919. The minimum atomic E-state index is -3.51. The zero-order chi connectivity index (χ0) is 17.9. The zero-order valence-electron chi connectivity index (χ0n) is 14.9. The van der Waals surface area contributed by atoms with Gasteiger partial charge in [-0.25, -0.2) is 12.7 Å². The van der Waals surface area contributed by atoms with Crippen LogP contribution < -0.4 is 10.2 Å². The van der Waals surface area contributed by atoms with Gasteiger partial charge in [-0.15, -0.1) is 0 Å². The second-order valence-electron chi connectivity index (χ2n) is 6.87. The van der Waals surface area contributed by atoms with Crippen LogP contribution in [0.5, 0.6) is 0 Å². The van der Waals surface area contributed by atoms with Crippen molar-refractivity contribution in [3.8, 4) is 0 Å². The monoisotopic (exact) mass is 354 g/mol. The van der Waals surface area contributed by atoms with Crippen LogP contribution in [-0.4, -0.2) is 51.9 Å². The van der Waals surface area contributed by atoms with Crippen molar-refractivity contribution in [1.29, 1.82) is 0 Å². The molecule has 134 valence electrons. The van der Waals surface area contributed by atoms with Crippen LogP contribution in [0.25, 0.3) is 0 Å². The minimum Gasteiger partial charge on any atom is -0.325 e. The number of amides is 1. The van der Waals surface area contributed by atoms with Crippen LogP contribution in [0, 0.1) is 5.92 Å². The number of piperidine rings is 1. The highest BCUT2D eigenvalue weighted by Crippen LogP contribution is 2.18. The fourth-order valence-corrected chi connectivity index (χ4v) is 3.90. The largest absolute Gasteiger partial charge is 0.325 e. The summed E-state index contributed by atoms with van der Waals surface area (Å²) in [5.74, 6) is 0.663. The number of hydrogen-bond donors (Lipinski definition) is 2. The summed E-state index contributed by atoms with van der Waals surface area (Å²) in [6, 6.07) is 6.25. The Bertz CT molecular complexity index is 680. The normalized spacial score (nSPS) is 23.0. The van der Waals surface area contributed by atoms with Gasteiger partial charge < -0.3 is 10.2 Å². The molecule has 0 bridgehead atoms. The summed E-state index contributed by atoms with van der Waals surface area (Å²) < 4.78 is 25.5. The average molecular weight is 354 g/mol. The third-order valence-electron chi connectivity index (χ3n) is 4.80. The van der Waals surface area contributed by atoms with E-state index in [4.69, 9.17) is 0 Å². The van der Waals surface area contributed by atoms with Crippen molar-refractivity contribution in [1.82, 2.24) is 4.31 Å². The number of sulfonamides is 1. The summed E-state index contributed by atoms with van der Waals surface area (Å²) in [5.41, 5.74) is 0.513. The number of rotatable bonds is 5. The first-order valence-corrected chi connectivity index (χ1v) is 9.84. The molecular weight excluding hydrogens is 326 g/mol. The van der Waals surface area contributed by atoms with Gasteiger partial charge in [-0.3, -0.25) is 4.79 Å². The van der Waals surface area contributed by atoms with Crippen LogP contribution in [0.4, 0.5) is 5.69 Å². The molecule has 0 unspecified atom stereocenters. The van der Waals surface area contributed by atoms with Gasteiger partial charge in [0, 0.05) is 19.8 Å². The van der Waals surface area contributed by atoms with Gasteiger partial charge in [0.2, 0.25) is 10.0 Å². The molecule has 1 aliphatic rings. The second kappa shape index (κ2) is 7.63. The van der Waals surface area contributed by atoms with E-state index < -0.39 is 10.0 Å². The van der Waals surface area contributed by atoms with Crippen molar-refractivity contribution in [2.24, 2.45) is 5.92 Å². The molecular formula is C17H28N3O3S+. The number of quaternary nitrogens is 1. The molecule has 0 aliphatic carbocycles. The van der Waals surface area contributed by atoms with Crippen molar-refractivity contribution >= 4 is 21.6 Å². The number of carbonyl (C=O) groups is 1. The smallest absolute Gasteiger partial charge is 0.282 e. The standard InChI is InChI=1S/C17H27N3O3S/c1-13-8-10-20(11-9-13)14(2)17(21)18-15-6-5-7-16(12-15)24(22,23)19(3)4/h5-7,12-14H,8-11H2,1-4H3,(H,18,21)/p+1/t14-/m1/s1. The third kappa shape index (κ3) is 4.34. The maximum Gasteiger partial charge on any atom is 0.282 e. The first-order chi connectivity index (χ1) is 11.2. The molecule has 1 atom stereocenters. The number of likely N-dealkylation sites (tertiary alicyclic amines) is 1. The highest BCUT2D eigenvalue weighted by Gasteiger charge is 2.29. The lowest BCUT2D eigenvalue weighted by atomic mass is 9.98. The highest BCUT2D eigenvalue weighted by molar-refractivity contribution is 7.89. The van der Waals surface area contributed by atoms with Crippen molar-refractivity contribution in [2.75, 3.05) is 32.5 Å². The van der Waals surface area contributed by atoms with E-state index in [0.717, 1.165) is 36.2 Å². The highest BCUT2D eigenvalue weighted by atomic mass is 32.2. The number of anilines is 1. The van der Waals surface area contributed by atoms with Crippen LogP contribution in [-0.2, 0) is 14.8 Å². The van der Waals surface area contributed by atoms with E-state index in [1.165, 1.54) is 31.1 Å². The van der Waals surface area contributed by atoms with Crippen LogP contribution in [0.3, 0.4) is 0 Å². The molecule has 0 radical (unpaired) electrons. The SMILES string of the molecule is CC1CC[NH+]([C@H](C)C(=O)Nc2cccc(S(=O)(=O)N(C)C)c2)CC1. The predicted molar refractivity (Wildman–Crippen MR) is 94.5 cm³/mol. The Balaban J connectivity index is 2.07. The first kappa shape index (κ1) is 18.9. The molecule has 1 amide bonds. The maximum absolute atomic E-state index is 12.5. The van der Waals surface area contributed by atoms with E-state index in [0.29, 0.717) is 5.69 Å². The average Bonchev–Trinajstić information content (AvgIpc) is 2.55. The second-order valence-corrected chi connectivity index (χ2v) is 9.02.